The van der Waals surface area contributed by atoms with Gasteiger partial charge in [-0.25, -0.2) is 0 Å². The molecule has 2 saturated carbocycles. The largest absolute Gasteiger partial charge is 0.466 e. The minimum absolute atomic E-state index is 0.319. The summed E-state index contributed by atoms with van der Waals surface area (Å²) in [5, 5.41) is 0. The van der Waals surface area contributed by atoms with Gasteiger partial charge < -0.3 is 4.12 Å². The van der Waals surface area contributed by atoms with Gasteiger partial charge in [0.25, 0.3) is 0 Å². The lowest BCUT2D eigenvalue weighted by atomic mass is 9.77. The lowest BCUT2D eigenvalue weighted by Gasteiger charge is -2.37. The van der Waals surface area contributed by atoms with Crippen molar-refractivity contribution in [2.75, 3.05) is 0 Å². The van der Waals surface area contributed by atoms with Gasteiger partial charge >= 0.3 is 0 Å². The molecule has 0 unspecified atom stereocenters. The molecular formula is C13H27OSi2. The summed E-state index contributed by atoms with van der Waals surface area (Å²) in [6.45, 7) is 0. The SMILES string of the molecule is [SiH3]O[SiH]C(C1CCCCC1)C1CCCCC1. The van der Waals surface area contributed by atoms with Gasteiger partial charge in [-0.05, 0) is 17.4 Å². The van der Waals surface area contributed by atoms with Gasteiger partial charge in [-0.15, -0.1) is 0 Å². The van der Waals surface area contributed by atoms with Crippen molar-refractivity contribution >= 4 is 20.2 Å². The van der Waals surface area contributed by atoms with E-state index in [2.05, 4.69) is 0 Å². The minimum Gasteiger partial charge on any atom is -0.466 e. The van der Waals surface area contributed by atoms with Crippen LogP contribution in [0.25, 0.3) is 0 Å². The van der Waals surface area contributed by atoms with E-state index in [0.717, 1.165) is 27.9 Å². The maximum Gasteiger partial charge on any atom is 0.181 e. The Hall–Kier alpha value is 0.394. The van der Waals surface area contributed by atoms with Crippen molar-refractivity contribution in [3.05, 3.63) is 0 Å². The molecule has 2 rings (SSSR count). The monoisotopic (exact) mass is 255 g/mol. The van der Waals surface area contributed by atoms with E-state index in [1.54, 1.807) is 0 Å². The lowest BCUT2D eigenvalue weighted by Crippen LogP contribution is -2.28. The molecule has 0 aromatic heterocycles. The van der Waals surface area contributed by atoms with Crippen LogP contribution in [0.2, 0.25) is 5.54 Å². The molecule has 1 nitrogen and oxygen atoms in total. The predicted octanol–water partition coefficient (Wildman–Crippen LogP) is 2.58. The van der Waals surface area contributed by atoms with Gasteiger partial charge in [0.05, 0.1) is 0 Å². The predicted molar refractivity (Wildman–Crippen MR) is 75.1 cm³/mol. The molecule has 0 heterocycles. The summed E-state index contributed by atoms with van der Waals surface area (Å²) in [6, 6.07) is 0. The summed E-state index contributed by atoms with van der Waals surface area (Å²) >= 11 is 0. The van der Waals surface area contributed by atoms with Crippen molar-refractivity contribution in [1.82, 2.24) is 0 Å². The second kappa shape index (κ2) is 6.97. The van der Waals surface area contributed by atoms with E-state index in [1.807, 2.05) is 0 Å². The first-order chi connectivity index (χ1) is 7.92. The third-order valence-corrected chi connectivity index (χ3v) is 7.17. The van der Waals surface area contributed by atoms with E-state index in [-0.39, 0.29) is 0 Å². The van der Waals surface area contributed by atoms with E-state index in [9.17, 15) is 0 Å². The van der Waals surface area contributed by atoms with Crippen LogP contribution in [0, 0.1) is 11.8 Å². The zero-order chi connectivity index (χ0) is 11.2. The molecule has 2 aliphatic carbocycles. The van der Waals surface area contributed by atoms with Crippen molar-refractivity contribution < 1.29 is 4.12 Å². The van der Waals surface area contributed by atoms with Gasteiger partial charge in [-0.1, -0.05) is 64.2 Å². The molecular weight excluding hydrogens is 228 g/mol. The summed E-state index contributed by atoms with van der Waals surface area (Å²) in [7, 11) is 1.28. The van der Waals surface area contributed by atoms with Crippen LogP contribution < -0.4 is 0 Å². The summed E-state index contributed by atoms with van der Waals surface area (Å²) in [6.07, 6.45) is 15.0. The molecule has 0 amide bonds. The van der Waals surface area contributed by atoms with Gasteiger partial charge in [-0.3, -0.25) is 0 Å². The second-order valence-corrected chi connectivity index (χ2v) is 8.67. The molecule has 93 valence electrons. The van der Waals surface area contributed by atoms with Crippen LogP contribution >= 0.6 is 0 Å². The van der Waals surface area contributed by atoms with Crippen LogP contribution in [-0.4, -0.2) is 20.2 Å². The molecule has 1 radical (unpaired) electrons. The summed E-state index contributed by atoms with van der Waals surface area (Å²) < 4.78 is 5.73. The Bertz CT molecular complexity index is 168. The first kappa shape index (κ1) is 12.8. The molecule has 0 spiro atoms. The molecule has 0 aromatic carbocycles. The van der Waals surface area contributed by atoms with Crippen molar-refractivity contribution in [3.63, 3.8) is 0 Å². The fraction of sp³-hybridized carbons (Fsp3) is 1.00. The second-order valence-electron chi connectivity index (χ2n) is 5.75. The third-order valence-electron chi connectivity index (χ3n) is 4.68. The molecule has 3 heteroatoms. The van der Waals surface area contributed by atoms with Crippen molar-refractivity contribution in [1.29, 1.82) is 0 Å². The highest BCUT2D eigenvalue weighted by Gasteiger charge is 2.31. The average Bonchev–Trinajstić information content (AvgIpc) is 2.38. The van der Waals surface area contributed by atoms with Crippen molar-refractivity contribution in [2.24, 2.45) is 11.8 Å². The minimum atomic E-state index is 0.319. The molecule has 16 heavy (non-hydrogen) atoms. The molecule has 0 bridgehead atoms. The molecule has 2 fully saturated rings. The summed E-state index contributed by atoms with van der Waals surface area (Å²) in [5.74, 6) is 2.08. The van der Waals surface area contributed by atoms with Crippen LogP contribution in [0.4, 0.5) is 0 Å². The van der Waals surface area contributed by atoms with Crippen LogP contribution in [0.5, 0.6) is 0 Å². The van der Waals surface area contributed by atoms with E-state index >= 15 is 0 Å². The maximum atomic E-state index is 5.73. The third kappa shape index (κ3) is 3.44. The Morgan fingerprint density at radius 3 is 1.62 bits per heavy atom. The normalized spacial score (nSPS) is 25.3. The number of hydrogen-bond donors (Lipinski definition) is 0. The van der Waals surface area contributed by atoms with Crippen molar-refractivity contribution in [3.8, 4) is 0 Å². The zero-order valence-corrected chi connectivity index (χ0v) is 13.9. The van der Waals surface area contributed by atoms with Crippen LogP contribution in [0.3, 0.4) is 0 Å². The first-order valence-electron chi connectivity index (χ1n) is 7.28. The summed E-state index contributed by atoms with van der Waals surface area (Å²) in [5.41, 5.74) is 0.998. The van der Waals surface area contributed by atoms with E-state index < -0.39 is 0 Å². The molecule has 0 atom stereocenters. The first-order valence-corrected chi connectivity index (χ1v) is 9.23. The lowest BCUT2D eigenvalue weighted by molar-refractivity contribution is 0.236. The van der Waals surface area contributed by atoms with Gasteiger partial charge in [0.2, 0.25) is 0 Å². The van der Waals surface area contributed by atoms with Crippen LogP contribution in [0.1, 0.15) is 64.2 Å². The molecule has 2 aliphatic rings. The fourth-order valence-corrected chi connectivity index (χ4v) is 6.27. The van der Waals surface area contributed by atoms with E-state index in [4.69, 9.17) is 4.12 Å². The topological polar surface area (TPSA) is 9.23 Å². The highest BCUT2D eigenvalue weighted by molar-refractivity contribution is 6.36. The van der Waals surface area contributed by atoms with Gasteiger partial charge in [0, 0.05) is 0 Å². The standard InChI is InChI=1S/C13H27OSi2/c15-14-16-13(11-7-3-1-4-8-11)12-9-5-2-6-10-12/h11-13,16H,1-10H2,15H3. The Kier molecular flexibility index (Phi) is 5.59. The highest BCUT2D eigenvalue weighted by atomic mass is 28.3. The van der Waals surface area contributed by atoms with Crippen LogP contribution in [0.15, 0.2) is 0 Å². The molecule has 0 aromatic rings. The van der Waals surface area contributed by atoms with E-state index in [0.29, 0.717) is 9.76 Å². The average molecular weight is 256 g/mol. The van der Waals surface area contributed by atoms with Gasteiger partial charge in [-0.2, -0.15) is 0 Å². The fourth-order valence-electron chi connectivity index (χ4n) is 3.80. The van der Waals surface area contributed by atoms with Gasteiger partial charge in [0.15, 0.2) is 9.76 Å². The highest BCUT2D eigenvalue weighted by Crippen LogP contribution is 2.43. The molecule has 0 N–H and O–H groups in total. The Balaban J connectivity index is 1.91. The Labute approximate surface area is 106 Å². The number of hydrogen-bond acceptors (Lipinski definition) is 1. The molecule has 0 aliphatic heterocycles. The smallest absolute Gasteiger partial charge is 0.181 e. The van der Waals surface area contributed by atoms with Crippen LogP contribution in [-0.2, 0) is 4.12 Å². The van der Waals surface area contributed by atoms with Gasteiger partial charge in [0.1, 0.15) is 10.5 Å². The maximum absolute atomic E-state index is 5.73. The Morgan fingerprint density at radius 1 is 0.812 bits per heavy atom. The number of rotatable bonds is 4. The van der Waals surface area contributed by atoms with E-state index in [1.165, 1.54) is 64.2 Å². The zero-order valence-electron chi connectivity index (χ0n) is 10.8. The summed E-state index contributed by atoms with van der Waals surface area (Å²) in [4.78, 5) is 0. The molecule has 0 saturated heterocycles. The Morgan fingerprint density at radius 2 is 1.25 bits per heavy atom. The quantitative estimate of drug-likeness (QED) is 0.702. The van der Waals surface area contributed by atoms with Crippen molar-refractivity contribution in [2.45, 2.75) is 69.7 Å².